The molecule has 0 saturated heterocycles. The third-order valence-corrected chi connectivity index (χ3v) is 5.94. The summed E-state index contributed by atoms with van der Waals surface area (Å²) in [6, 6.07) is 12.7. The Kier molecular flexibility index (Phi) is 7.61. The first-order valence-corrected chi connectivity index (χ1v) is 10.8. The first-order chi connectivity index (χ1) is 14.6. The van der Waals surface area contributed by atoms with Crippen molar-refractivity contribution in [2.24, 2.45) is 0 Å². The lowest BCUT2D eigenvalue weighted by molar-refractivity contribution is -0.133. The smallest absolute Gasteiger partial charge is 0.223 e. The van der Waals surface area contributed by atoms with Crippen molar-refractivity contribution >= 4 is 5.91 Å². The molecule has 30 heavy (non-hydrogen) atoms. The predicted molar refractivity (Wildman–Crippen MR) is 119 cm³/mol. The van der Waals surface area contributed by atoms with E-state index in [9.17, 15) is 4.79 Å². The third-order valence-electron chi connectivity index (χ3n) is 5.94. The zero-order chi connectivity index (χ0) is 21.5. The zero-order valence-corrected chi connectivity index (χ0v) is 18.6. The second kappa shape index (κ2) is 10.4. The monoisotopic (exact) mass is 411 g/mol. The van der Waals surface area contributed by atoms with Crippen LogP contribution in [-0.2, 0) is 24.1 Å². The van der Waals surface area contributed by atoms with Crippen molar-refractivity contribution in [1.82, 2.24) is 4.90 Å². The highest BCUT2D eigenvalue weighted by molar-refractivity contribution is 5.77. The van der Waals surface area contributed by atoms with E-state index >= 15 is 0 Å². The first kappa shape index (κ1) is 22.0. The number of amides is 1. The van der Waals surface area contributed by atoms with Crippen molar-refractivity contribution in [2.45, 2.75) is 51.5 Å². The van der Waals surface area contributed by atoms with E-state index in [0.717, 1.165) is 37.8 Å². The summed E-state index contributed by atoms with van der Waals surface area (Å²) in [6.07, 6.45) is 5.03. The number of ether oxygens (including phenoxy) is 3. The van der Waals surface area contributed by atoms with Crippen molar-refractivity contribution < 1.29 is 19.0 Å². The number of aryl methyl sites for hydroxylation is 2. The van der Waals surface area contributed by atoms with Crippen LogP contribution in [0.4, 0.5) is 0 Å². The second-order valence-corrected chi connectivity index (χ2v) is 7.75. The molecule has 1 amide bonds. The fourth-order valence-corrected chi connectivity index (χ4v) is 4.44. The van der Waals surface area contributed by atoms with Crippen molar-refractivity contribution in [1.29, 1.82) is 0 Å². The van der Waals surface area contributed by atoms with Crippen LogP contribution >= 0.6 is 0 Å². The Bertz CT molecular complexity index is 864. The van der Waals surface area contributed by atoms with Gasteiger partial charge in [-0.1, -0.05) is 37.3 Å². The summed E-state index contributed by atoms with van der Waals surface area (Å²) in [5, 5.41) is 0. The Morgan fingerprint density at radius 2 is 1.73 bits per heavy atom. The average molecular weight is 412 g/mol. The number of carbonyl (C=O) groups excluding carboxylic acids is 1. The van der Waals surface area contributed by atoms with Crippen LogP contribution in [0.1, 0.15) is 42.9 Å². The Hall–Kier alpha value is -2.69. The number of fused-ring (bicyclic) bond motifs is 1. The summed E-state index contributed by atoms with van der Waals surface area (Å²) < 4.78 is 16.4. The zero-order valence-electron chi connectivity index (χ0n) is 18.6. The van der Waals surface area contributed by atoms with E-state index in [2.05, 4.69) is 36.1 Å². The number of benzene rings is 2. The van der Waals surface area contributed by atoms with Gasteiger partial charge in [0.25, 0.3) is 0 Å². The van der Waals surface area contributed by atoms with Crippen LogP contribution in [0.25, 0.3) is 0 Å². The fourth-order valence-electron chi connectivity index (χ4n) is 4.44. The van der Waals surface area contributed by atoms with Crippen LogP contribution in [-0.4, -0.2) is 44.7 Å². The molecule has 0 aromatic heterocycles. The molecule has 0 bridgehead atoms. The molecule has 0 spiro atoms. The highest BCUT2D eigenvalue weighted by Crippen LogP contribution is 2.40. The van der Waals surface area contributed by atoms with Gasteiger partial charge in [-0.15, -0.1) is 0 Å². The van der Waals surface area contributed by atoms with E-state index in [4.69, 9.17) is 14.2 Å². The average Bonchev–Trinajstić information content (AvgIpc) is 2.79. The van der Waals surface area contributed by atoms with Gasteiger partial charge in [-0.2, -0.15) is 0 Å². The van der Waals surface area contributed by atoms with Gasteiger partial charge in [0.05, 0.1) is 21.3 Å². The Morgan fingerprint density at radius 1 is 1.00 bits per heavy atom. The number of methoxy groups -OCH3 is 3. The largest absolute Gasteiger partial charge is 0.493 e. The Morgan fingerprint density at radius 3 is 2.40 bits per heavy atom. The summed E-state index contributed by atoms with van der Waals surface area (Å²) in [4.78, 5) is 15.3. The van der Waals surface area contributed by atoms with Gasteiger partial charge in [-0.25, -0.2) is 0 Å². The standard InChI is InChI=1S/C25H33NO4/c1-5-16-26(21-13-10-18-8-6-7-9-20(18)17-21)23(27)15-12-19-11-14-22(28-2)25(30-4)24(19)29-3/h6-9,11,14,21H,5,10,12-13,15-17H2,1-4H3. The molecule has 162 valence electrons. The van der Waals surface area contributed by atoms with Gasteiger partial charge in [0.15, 0.2) is 11.5 Å². The molecule has 0 N–H and O–H groups in total. The molecule has 1 atom stereocenters. The van der Waals surface area contributed by atoms with Gasteiger partial charge in [0.1, 0.15) is 0 Å². The van der Waals surface area contributed by atoms with E-state index in [1.807, 2.05) is 12.1 Å². The SMILES string of the molecule is CCCN(C(=O)CCc1ccc(OC)c(OC)c1OC)C1CCc2ccccc2C1. The minimum atomic E-state index is 0.207. The van der Waals surface area contributed by atoms with Crippen molar-refractivity contribution in [3.63, 3.8) is 0 Å². The Balaban J connectivity index is 1.72. The molecular formula is C25H33NO4. The molecule has 1 unspecified atom stereocenters. The van der Waals surface area contributed by atoms with Gasteiger partial charge in [-0.3, -0.25) is 4.79 Å². The van der Waals surface area contributed by atoms with E-state index in [1.165, 1.54) is 11.1 Å². The highest BCUT2D eigenvalue weighted by Gasteiger charge is 2.27. The quantitative estimate of drug-likeness (QED) is 0.612. The van der Waals surface area contributed by atoms with E-state index in [1.54, 1.807) is 21.3 Å². The van der Waals surface area contributed by atoms with Gasteiger partial charge < -0.3 is 19.1 Å². The minimum absolute atomic E-state index is 0.207. The summed E-state index contributed by atoms with van der Waals surface area (Å²) in [5.41, 5.74) is 3.76. The summed E-state index contributed by atoms with van der Waals surface area (Å²) in [5.74, 6) is 2.04. The maximum atomic E-state index is 13.2. The molecule has 5 heteroatoms. The molecule has 1 aliphatic rings. The lowest BCUT2D eigenvalue weighted by Gasteiger charge is -2.35. The first-order valence-electron chi connectivity index (χ1n) is 10.8. The van der Waals surface area contributed by atoms with Crippen LogP contribution in [0.15, 0.2) is 36.4 Å². The van der Waals surface area contributed by atoms with Crippen molar-refractivity contribution in [3.05, 3.63) is 53.1 Å². The maximum Gasteiger partial charge on any atom is 0.223 e. The van der Waals surface area contributed by atoms with E-state index < -0.39 is 0 Å². The molecule has 0 saturated carbocycles. The lowest BCUT2D eigenvalue weighted by Crippen LogP contribution is -2.44. The molecule has 5 nitrogen and oxygen atoms in total. The number of nitrogens with zero attached hydrogens (tertiary/aromatic N) is 1. The topological polar surface area (TPSA) is 48.0 Å². The molecule has 2 aromatic rings. The molecule has 1 aliphatic carbocycles. The fraction of sp³-hybridized carbons (Fsp3) is 0.480. The molecule has 0 radical (unpaired) electrons. The number of hydrogen-bond acceptors (Lipinski definition) is 4. The number of rotatable bonds is 9. The molecule has 3 rings (SSSR count). The van der Waals surface area contributed by atoms with Gasteiger partial charge in [0.2, 0.25) is 11.7 Å². The third kappa shape index (κ3) is 4.72. The van der Waals surface area contributed by atoms with Crippen LogP contribution in [0.2, 0.25) is 0 Å². The van der Waals surface area contributed by atoms with E-state index in [-0.39, 0.29) is 11.9 Å². The second-order valence-electron chi connectivity index (χ2n) is 7.75. The Labute approximate surface area is 179 Å². The molecular weight excluding hydrogens is 378 g/mol. The van der Waals surface area contributed by atoms with Crippen molar-refractivity contribution in [2.75, 3.05) is 27.9 Å². The molecule has 0 fully saturated rings. The maximum absolute atomic E-state index is 13.2. The summed E-state index contributed by atoms with van der Waals surface area (Å²) in [7, 11) is 4.82. The lowest BCUT2D eigenvalue weighted by atomic mass is 9.87. The van der Waals surface area contributed by atoms with Gasteiger partial charge >= 0.3 is 0 Å². The normalized spacial score (nSPS) is 15.3. The molecule has 2 aromatic carbocycles. The van der Waals surface area contributed by atoms with Crippen molar-refractivity contribution in [3.8, 4) is 17.2 Å². The number of carbonyl (C=O) groups is 1. The molecule has 0 heterocycles. The van der Waals surface area contributed by atoms with E-state index in [0.29, 0.717) is 30.1 Å². The van der Waals surface area contributed by atoms with Gasteiger partial charge in [-0.05, 0) is 54.9 Å². The molecule has 0 aliphatic heterocycles. The number of hydrogen-bond donors (Lipinski definition) is 0. The van der Waals surface area contributed by atoms with Crippen LogP contribution < -0.4 is 14.2 Å². The predicted octanol–water partition coefficient (Wildman–Crippen LogP) is 4.44. The van der Waals surface area contributed by atoms with Crippen LogP contribution in [0.5, 0.6) is 17.2 Å². The van der Waals surface area contributed by atoms with Crippen LogP contribution in [0, 0.1) is 0 Å². The highest BCUT2D eigenvalue weighted by atomic mass is 16.5. The van der Waals surface area contributed by atoms with Gasteiger partial charge in [0, 0.05) is 19.0 Å². The summed E-state index contributed by atoms with van der Waals surface area (Å²) >= 11 is 0. The summed E-state index contributed by atoms with van der Waals surface area (Å²) in [6.45, 7) is 2.93. The minimum Gasteiger partial charge on any atom is -0.493 e. The van der Waals surface area contributed by atoms with Crippen LogP contribution in [0.3, 0.4) is 0 Å².